The molecular formula is C8H12FN3O2S. The number of anilines is 2. The van der Waals surface area contributed by atoms with Crippen LogP contribution in [0.25, 0.3) is 0 Å². The Balaban J connectivity index is 3.01. The normalized spacial score (nSPS) is 11.7. The van der Waals surface area contributed by atoms with E-state index in [2.05, 4.69) is 4.72 Å². The maximum absolute atomic E-state index is 13.2. The number of hydrogen-bond donors (Lipinski definition) is 2. The van der Waals surface area contributed by atoms with E-state index in [9.17, 15) is 12.8 Å². The van der Waals surface area contributed by atoms with E-state index in [1.165, 1.54) is 26.2 Å². The predicted octanol–water partition coefficient (Wildman–Crippen LogP) is 0.626. The fourth-order valence-electron chi connectivity index (χ4n) is 0.844. The van der Waals surface area contributed by atoms with Gasteiger partial charge in [-0.2, -0.15) is 12.7 Å². The van der Waals surface area contributed by atoms with E-state index >= 15 is 0 Å². The predicted molar refractivity (Wildman–Crippen MR) is 57.0 cm³/mol. The summed E-state index contributed by atoms with van der Waals surface area (Å²) in [4.78, 5) is 0. The Morgan fingerprint density at radius 1 is 1.40 bits per heavy atom. The SMILES string of the molecule is CN(C)S(=O)(=O)Nc1ccc(N)cc1F. The highest BCUT2D eigenvalue weighted by molar-refractivity contribution is 7.90. The van der Waals surface area contributed by atoms with Crippen molar-refractivity contribution in [2.45, 2.75) is 0 Å². The van der Waals surface area contributed by atoms with E-state index in [1.54, 1.807) is 0 Å². The summed E-state index contributed by atoms with van der Waals surface area (Å²) < 4.78 is 39.0. The molecule has 0 saturated heterocycles. The summed E-state index contributed by atoms with van der Waals surface area (Å²) in [5.41, 5.74) is 5.43. The molecule has 0 aliphatic carbocycles. The number of nitrogens with two attached hydrogens (primary N) is 1. The van der Waals surface area contributed by atoms with Crippen molar-refractivity contribution in [3.63, 3.8) is 0 Å². The Morgan fingerprint density at radius 3 is 2.47 bits per heavy atom. The summed E-state index contributed by atoms with van der Waals surface area (Å²) in [6.45, 7) is 0. The molecular weight excluding hydrogens is 221 g/mol. The summed E-state index contributed by atoms with van der Waals surface area (Å²) in [7, 11) is -0.995. The maximum atomic E-state index is 13.2. The number of nitrogens with zero attached hydrogens (tertiary/aromatic N) is 1. The van der Waals surface area contributed by atoms with Gasteiger partial charge in [-0.1, -0.05) is 0 Å². The average molecular weight is 233 g/mol. The van der Waals surface area contributed by atoms with E-state index < -0.39 is 16.0 Å². The molecule has 0 spiro atoms. The van der Waals surface area contributed by atoms with E-state index in [-0.39, 0.29) is 11.4 Å². The molecule has 0 aliphatic heterocycles. The Labute approximate surface area is 87.9 Å². The third kappa shape index (κ3) is 2.80. The largest absolute Gasteiger partial charge is 0.399 e. The number of nitrogen functional groups attached to an aromatic ring is 1. The summed E-state index contributed by atoms with van der Waals surface area (Å²) in [5.74, 6) is -0.708. The van der Waals surface area contributed by atoms with Gasteiger partial charge in [0, 0.05) is 19.8 Å². The molecule has 1 rings (SSSR count). The van der Waals surface area contributed by atoms with Crippen LogP contribution in [0.3, 0.4) is 0 Å². The summed E-state index contributed by atoms with van der Waals surface area (Å²) >= 11 is 0. The Hall–Kier alpha value is -1.34. The standard InChI is InChI=1S/C8H12FN3O2S/c1-12(2)15(13,14)11-8-4-3-6(10)5-7(8)9/h3-5,11H,10H2,1-2H3. The van der Waals surface area contributed by atoms with E-state index in [1.807, 2.05) is 0 Å². The van der Waals surface area contributed by atoms with Crippen molar-refractivity contribution in [3.8, 4) is 0 Å². The summed E-state index contributed by atoms with van der Waals surface area (Å²) in [6, 6.07) is 3.73. The van der Waals surface area contributed by atoms with Crippen molar-refractivity contribution < 1.29 is 12.8 Å². The molecule has 3 N–H and O–H groups in total. The van der Waals surface area contributed by atoms with Crippen molar-refractivity contribution in [2.24, 2.45) is 0 Å². The van der Waals surface area contributed by atoms with Crippen molar-refractivity contribution in [2.75, 3.05) is 24.6 Å². The third-order valence-corrected chi connectivity index (χ3v) is 3.15. The molecule has 1 aromatic rings. The number of benzene rings is 1. The fourth-order valence-corrected chi connectivity index (χ4v) is 1.47. The van der Waals surface area contributed by atoms with E-state index in [0.29, 0.717) is 0 Å². The van der Waals surface area contributed by atoms with Crippen molar-refractivity contribution in [1.29, 1.82) is 0 Å². The van der Waals surface area contributed by atoms with E-state index in [4.69, 9.17) is 5.73 Å². The van der Waals surface area contributed by atoms with Crippen molar-refractivity contribution >= 4 is 21.6 Å². The lowest BCUT2D eigenvalue weighted by molar-refractivity contribution is 0.526. The molecule has 0 radical (unpaired) electrons. The van der Waals surface area contributed by atoms with Gasteiger partial charge in [0.25, 0.3) is 0 Å². The molecule has 15 heavy (non-hydrogen) atoms. The van der Waals surface area contributed by atoms with Crippen LogP contribution >= 0.6 is 0 Å². The molecule has 5 nitrogen and oxygen atoms in total. The number of hydrogen-bond acceptors (Lipinski definition) is 3. The first-order chi connectivity index (χ1) is 6.83. The average Bonchev–Trinajstić information content (AvgIpc) is 2.09. The van der Waals surface area contributed by atoms with Gasteiger partial charge in [-0.3, -0.25) is 4.72 Å². The van der Waals surface area contributed by atoms with Crippen molar-refractivity contribution in [3.05, 3.63) is 24.0 Å². The quantitative estimate of drug-likeness (QED) is 0.752. The maximum Gasteiger partial charge on any atom is 0.301 e. The van der Waals surface area contributed by atoms with Gasteiger partial charge < -0.3 is 5.73 Å². The molecule has 0 aliphatic rings. The first kappa shape index (κ1) is 11.7. The molecule has 0 amide bonds. The minimum Gasteiger partial charge on any atom is -0.399 e. The van der Waals surface area contributed by atoms with Crippen LogP contribution in [-0.2, 0) is 10.2 Å². The van der Waals surface area contributed by atoms with Gasteiger partial charge >= 0.3 is 10.2 Å². The zero-order valence-corrected chi connectivity index (χ0v) is 9.18. The fraction of sp³-hybridized carbons (Fsp3) is 0.250. The highest BCUT2D eigenvalue weighted by atomic mass is 32.2. The van der Waals surface area contributed by atoms with Crippen LogP contribution in [0.2, 0.25) is 0 Å². The van der Waals surface area contributed by atoms with Gasteiger partial charge in [0.15, 0.2) is 0 Å². The highest BCUT2D eigenvalue weighted by Crippen LogP contribution is 2.18. The number of rotatable bonds is 3. The molecule has 0 unspecified atom stereocenters. The lowest BCUT2D eigenvalue weighted by Gasteiger charge is -2.13. The molecule has 7 heteroatoms. The molecule has 1 aromatic carbocycles. The molecule has 0 bridgehead atoms. The zero-order chi connectivity index (χ0) is 11.6. The summed E-state index contributed by atoms with van der Waals surface area (Å²) in [5, 5.41) is 0. The lowest BCUT2D eigenvalue weighted by Crippen LogP contribution is -2.29. The lowest BCUT2D eigenvalue weighted by atomic mass is 10.3. The molecule has 0 atom stereocenters. The van der Waals surface area contributed by atoms with Crippen LogP contribution in [0, 0.1) is 5.82 Å². The van der Waals surface area contributed by atoms with Gasteiger partial charge in [-0.25, -0.2) is 4.39 Å². The second-order valence-electron chi connectivity index (χ2n) is 3.13. The van der Waals surface area contributed by atoms with Gasteiger partial charge in [0.05, 0.1) is 5.69 Å². The van der Waals surface area contributed by atoms with Crippen LogP contribution in [0.4, 0.5) is 15.8 Å². The van der Waals surface area contributed by atoms with Crippen LogP contribution in [-0.4, -0.2) is 26.8 Å². The van der Waals surface area contributed by atoms with Crippen LogP contribution < -0.4 is 10.5 Å². The van der Waals surface area contributed by atoms with Gasteiger partial charge in [0.1, 0.15) is 5.82 Å². The molecule has 0 saturated carbocycles. The van der Waals surface area contributed by atoms with Crippen molar-refractivity contribution in [1.82, 2.24) is 4.31 Å². The Kier molecular flexibility index (Phi) is 3.15. The second-order valence-corrected chi connectivity index (χ2v) is 5.01. The van der Waals surface area contributed by atoms with Crippen LogP contribution in [0.5, 0.6) is 0 Å². The molecule has 0 aromatic heterocycles. The first-order valence-electron chi connectivity index (χ1n) is 4.08. The van der Waals surface area contributed by atoms with Crippen LogP contribution in [0.15, 0.2) is 18.2 Å². The Morgan fingerprint density at radius 2 is 2.00 bits per heavy atom. The summed E-state index contributed by atoms with van der Waals surface area (Å²) in [6.07, 6.45) is 0. The number of nitrogens with one attached hydrogen (secondary N) is 1. The number of halogens is 1. The smallest absolute Gasteiger partial charge is 0.301 e. The minimum atomic E-state index is -3.68. The highest BCUT2D eigenvalue weighted by Gasteiger charge is 2.15. The minimum absolute atomic E-state index is 0.127. The zero-order valence-electron chi connectivity index (χ0n) is 8.36. The second kappa shape index (κ2) is 4.03. The topological polar surface area (TPSA) is 75.4 Å². The van der Waals surface area contributed by atoms with Gasteiger partial charge in [0.2, 0.25) is 0 Å². The monoisotopic (exact) mass is 233 g/mol. The molecule has 0 heterocycles. The molecule has 84 valence electrons. The van der Waals surface area contributed by atoms with Gasteiger partial charge in [-0.15, -0.1) is 0 Å². The van der Waals surface area contributed by atoms with E-state index in [0.717, 1.165) is 10.4 Å². The molecule has 0 fully saturated rings. The van der Waals surface area contributed by atoms with Gasteiger partial charge in [-0.05, 0) is 18.2 Å². The van der Waals surface area contributed by atoms with Crippen LogP contribution in [0.1, 0.15) is 0 Å². The third-order valence-electron chi connectivity index (χ3n) is 1.71. The first-order valence-corrected chi connectivity index (χ1v) is 5.52. The Bertz CT molecular complexity index is 459.